The Hall–Kier alpha value is -2.89. The zero-order chi connectivity index (χ0) is 14.8. The highest BCUT2D eigenvalue weighted by molar-refractivity contribution is 6.15. The maximum Gasteiger partial charge on any atom is 0.260 e. The van der Waals surface area contributed by atoms with E-state index in [1.165, 1.54) is 18.2 Å². The van der Waals surface area contributed by atoms with Crippen molar-refractivity contribution in [2.24, 2.45) is 0 Å². The van der Waals surface area contributed by atoms with Crippen LogP contribution in [-0.4, -0.2) is 30.5 Å². The highest BCUT2D eigenvalue weighted by Gasteiger charge is 2.27. The number of carbonyl (C=O) groups is 2. The van der Waals surface area contributed by atoms with Gasteiger partial charge in [-0.05, 0) is 18.2 Å². The molecule has 1 N–H and O–H groups in total. The van der Waals surface area contributed by atoms with Crippen molar-refractivity contribution in [3.63, 3.8) is 0 Å². The average molecular weight is 283 g/mol. The summed E-state index contributed by atoms with van der Waals surface area (Å²) in [6, 6.07) is 10.4. The van der Waals surface area contributed by atoms with E-state index in [0.29, 0.717) is 22.8 Å². The smallest absolute Gasteiger partial charge is 0.260 e. The predicted octanol–water partition coefficient (Wildman–Crippen LogP) is 1.69. The van der Waals surface area contributed by atoms with Crippen molar-refractivity contribution in [2.45, 2.75) is 0 Å². The summed E-state index contributed by atoms with van der Waals surface area (Å²) in [6.07, 6.45) is 1.44. The first kappa shape index (κ1) is 13.1. The van der Waals surface area contributed by atoms with Crippen LogP contribution < -0.4 is 15.0 Å². The second kappa shape index (κ2) is 5.24. The molecule has 0 radical (unpaired) electrons. The molecule has 6 nitrogen and oxygen atoms in total. The first-order chi connectivity index (χ1) is 10.2. The Kier molecular flexibility index (Phi) is 3.27. The molecule has 0 spiro atoms. The van der Waals surface area contributed by atoms with E-state index in [4.69, 9.17) is 4.74 Å². The number of methoxy groups -OCH3 is 1. The predicted molar refractivity (Wildman–Crippen MR) is 77.5 cm³/mol. The van der Waals surface area contributed by atoms with Crippen LogP contribution in [0.4, 0.5) is 11.4 Å². The standard InChI is InChI=1S/C15H13N3O3/c1-21-14-7-6-10(8-16-14)15(20)18-9-13(19)17-11-4-2-3-5-12(11)18/h2-8H,9H2,1H3,(H,17,19). The number of carbonyl (C=O) groups excluding carboxylic acids is 2. The van der Waals surface area contributed by atoms with Gasteiger partial charge in [-0.15, -0.1) is 0 Å². The number of para-hydroxylation sites is 2. The van der Waals surface area contributed by atoms with Crippen molar-refractivity contribution in [1.29, 1.82) is 0 Å². The van der Waals surface area contributed by atoms with Gasteiger partial charge in [0.25, 0.3) is 5.91 Å². The van der Waals surface area contributed by atoms with E-state index in [1.807, 2.05) is 12.1 Å². The first-order valence-corrected chi connectivity index (χ1v) is 6.40. The second-order valence-corrected chi connectivity index (χ2v) is 4.55. The highest BCUT2D eigenvalue weighted by Crippen LogP contribution is 2.30. The van der Waals surface area contributed by atoms with Gasteiger partial charge in [0.15, 0.2) is 0 Å². The number of rotatable bonds is 2. The third kappa shape index (κ3) is 2.43. The van der Waals surface area contributed by atoms with Crippen LogP contribution in [0.5, 0.6) is 5.88 Å². The van der Waals surface area contributed by atoms with Gasteiger partial charge in [0.2, 0.25) is 11.8 Å². The third-order valence-electron chi connectivity index (χ3n) is 3.21. The molecule has 0 atom stereocenters. The van der Waals surface area contributed by atoms with Crippen molar-refractivity contribution < 1.29 is 14.3 Å². The van der Waals surface area contributed by atoms with E-state index in [-0.39, 0.29) is 18.4 Å². The first-order valence-electron chi connectivity index (χ1n) is 6.40. The fourth-order valence-corrected chi connectivity index (χ4v) is 2.20. The van der Waals surface area contributed by atoms with Gasteiger partial charge in [0.05, 0.1) is 24.0 Å². The number of anilines is 2. The van der Waals surface area contributed by atoms with Crippen LogP contribution in [-0.2, 0) is 4.79 Å². The number of fused-ring (bicyclic) bond motifs is 1. The molecule has 21 heavy (non-hydrogen) atoms. The molecule has 0 fully saturated rings. The summed E-state index contributed by atoms with van der Waals surface area (Å²) in [5.74, 6) is -0.0562. The lowest BCUT2D eigenvalue weighted by atomic mass is 10.1. The van der Waals surface area contributed by atoms with Gasteiger partial charge in [-0.3, -0.25) is 14.5 Å². The summed E-state index contributed by atoms with van der Waals surface area (Å²) in [5, 5.41) is 2.75. The third-order valence-corrected chi connectivity index (χ3v) is 3.21. The molecule has 6 heteroatoms. The quantitative estimate of drug-likeness (QED) is 0.910. The fraction of sp³-hybridized carbons (Fsp3) is 0.133. The normalized spacial score (nSPS) is 13.4. The Labute approximate surface area is 121 Å². The Morgan fingerprint density at radius 2 is 2.10 bits per heavy atom. The van der Waals surface area contributed by atoms with Crippen molar-refractivity contribution in [2.75, 3.05) is 23.9 Å². The Morgan fingerprint density at radius 3 is 2.81 bits per heavy atom. The molecule has 1 aliphatic heterocycles. The molecule has 0 saturated heterocycles. The maximum atomic E-state index is 12.6. The summed E-state index contributed by atoms with van der Waals surface area (Å²) in [5.41, 5.74) is 1.71. The zero-order valence-electron chi connectivity index (χ0n) is 11.4. The number of ether oxygens (including phenoxy) is 1. The van der Waals surface area contributed by atoms with E-state index in [2.05, 4.69) is 10.3 Å². The molecule has 1 aliphatic rings. The van der Waals surface area contributed by atoms with Gasteiger partial charge in [-0.2, -0.15) is 0 Å². The summed E-state index contributed by atoms with van der Waals surface area (Å²) >= 11 is 0. The van der Waals surface area contributed by atoms with Crippen molar-refractivity contribution in [3.8, 4) is 5.88 Å². The molecule has 1 aromatic carbocycles. The molecule has 3 rings (SSSR count). The molecule has 0 aliphatic carbocycles. The number of nitrogens with zero attached hydrogens (tertiary/aromatic N) is 2. The lowest BCUT2D eigenvalue weighted by Gasteiger charge is -2.29. The van der Waals surface area contributed by atoms with E-state index in [9.17, 15) is 9.59 Å². The van der Waals surface area contributed by atoms with Crippen LogP contribution in [0, 0.1) is 0 Å². The van der Waals surface area contributed by atoms with Crippen molar-refractivity contribution in [1.82, 2.24) is 4.98 Å². The van der Waals surface area contributed by atoms with Crippen molar-refractivity contribution >= 4 is 23.2 Å². The largest absolute Gasteiger partial charge is 0.481 e. The van der Waals surface area contributed by atoms with Crippen LogP contribution in [0.15, 0.2) is 42.6 Å². The topological polar surface area (TPSA) is 71.5 Å². The number of pyridine rings is 1. The molecule has 0 unspecified atom stereocenters. The Balaban J connectivity index is 1.95. The molecule has 2 heterocycles. The van der Waals surface area contributed by atoms with Crippen LogP contribution in [0.3, 0.4) is 0 Å². The van der Waals surface area contributed by atoms with Gasteiger partial charge >= 0.3 is 0 Å². The van der Waals surface area contributed by atoms with Crippen LogP contribution in [0.25, 0.3) is 0 Å². The lowest BCUT2D eigenvalue weighted by Crippen LogP contribution is -2.42. The molecule has 106 valence electrons. The van der Waals surface area contributed by atoms with Crippen LogP contribution >= 0.6 is 0 Å². The monoisotopic (exact) mass is 283 g/mol. The maximum absolute atomic E-state index is 12.6. The average Bonchev–Trinajstić information content (AvgIpc) is 2.53. The summed E-state index contributed by atoms with van der Waals surface area (Å²) in [6.45, 7) is -0.0120. The summed E-state index contributed by atoms with van der Waals surface area (Å²) < 4.78 is 4.97. The Morgan fingerprint density at radius 1 is 1.29 bits per heavy atom. The zero-order valence-corrected chi connectivity index (χ0v) is 11.4. The van der Waals surface area contributed by atoms with Crippen molar-refractivity contribution in [3.05, 3.63) is 48.2 Å². The number of benzene rings is 1. The van der Waals surface area contributed by atoms with Crippen LogP contribution in [0.2, 0.25) is 0 Å². The summed E-state index contributed by atoms with van der Waals surface area (Å²) in [4.78, 5) is 29.8. The summed E-state index contributed by atoms with van der Waals surface area (Å²) in [7, 11) is 1.51. The minimum atomic E-state index is -0.271. The van der Waals surface area contributed by atoms with E-state index in [1.54, 1.807) is 24.3 Å². The lowest BCUT2D eigenvalue weighted by molar-refractivity contribution is -0.115. The number of hydrogen-bond acceptors (Lipinski definition) is 4. The van der Waals surface area contributed by atoms with E-state index >= 15 is 0 Å². The number of nitrogens with one attached hydrogen (secondary N) is 1. The van der Waals surface area contributed by atoms with Gasteiger partial charge in [-0.1, -0.05) is 12.1 Å². The number of hydrogen-bond donors (Lipinski definition) is 1. The fourth-order valence-electron chi connectivity index (χ4n) is 2.20. The number of amides is 2. The second-order valence-electron chi connectivity index (χ2n) is 4.55. The van der Waals surface area contributed by atoms with Gasteiger partial charge in [-0.25, -0.2) is 4.98 Å². The van der Waals surface area contributed by atoms with Gasteiger partial charge < -0.3 is 10.1 Å². The minimum absolute atomic E-state index is 0.0120. The number of aromatic nitrogens is 1. The molecule has 2 amide bonds. The molecular formula is C15H13N3O3. The van der Waals surface area contributed by atoms with Gasteiger partial charge in [0, 0.05) is 12.3 Å². The Bertz CT molecular complexity index is 698. The molecule has 1 aromatic heterocycles. The molecule has 2 aromatic rings. The highest BCUT2D eigenvalue weighted by atomic mass is 16.5. The minimum Gasteiger partial charge on any atom is -0.481 e. The molecule has 0 saturated carbocycles. The van der Waals surface area contributed by atoms with Crippen LogP contribution in [0.1, 0.15) is 10.4 Å². The van der Waals surface area contributed by atoms with E-state index in [0.717, 1.165) is 0 Å². The molecular weight excluding hydrogens is 270 g/mol. The van der Waals surface area contributed by atoms with Gasteiger partial charge in [0.1, 0.15) is 6.54 Å². The van der Waals surface area contributed by atoms with E-state index < -0.39 is 0 Å². The SMILES string of the molecule is COc1ccc(C(=O)N2CC(=O)Nc3ccccc32)cn1. The molecule has 0 bridgehead atoms.